The van der Waals surface area contributed by atoms with E-state index in [9.17, 15) is 9.59 Å². The molecule has 2 amide bonds. The summed E-state index contributed by atoms with van der Waals surface area (Å²) < 4.78 is 4.75. The molecule has 6 heteroatoms. The van der Waals surface area contributed by atoms with Crippen LogP contribution in [0.2, 0.25) is 0 Å². The fraction of sp³-hybridized carbons (Fsp3) is 0.818. The predicted molar refractivity (Wildman–Crippen MR) is 63.0 cm³/mol. The lowest BCUT2D eigenvalue weighted by Gasteiger charge is -2.21. The number of hydroxylamine groups is 1. The van der Waals surface area contributed by atoms with Crippen molar-refractivity contribution < 1.29 is 19.2 Å². The topological polar surface area (TPSA) is 76.7 Å². The fourth-order valence-corrected chi connectivity index (χ4v) is 0.814. The van der Waals surface area contributed by atoms with Gasteiger partial charge in [0.15, 0.2) is 0 Å². The molecule has 0 saturated heterocycles. The lowest BCUT2D eigenvalue weighted by molar-refractivity contribution is -0.140. The van der Waals surface area contributed by atoms with Crippen LogP contribution in [-0.4, -0.2) is 38.2 Å². The van der Waals surface area contributed by atoms with E-state index in [1.165, 1.54) is 7.11 Å². The SMILES string of the molecule is COCCONC(=O)C(C)NC(=O)C(C)(C)C. The number of nitrogens with one attached hydrogen (secondary N) is 2. The van der Waals surface area contributed by atoms with Gasteiger partial charge in [0.2, 0.25) is 5.91 Å². The molecule has 0 aliphatic rings. The summed E-state index contributed by atoms with van der Waals surface area (Å²) in [6.45, 7) is 7.59. The van der Waals surface area contributed by atoms with Gasteiger partial charge in [-0.05, 0) is 6.92 Å². The zero-order valence-corrected chi connectivity index (χ0v) is 11.1. The van der Waals surface area contributed by atoms with Crippen molar-refractivity contribution in [2.45, 2.75) is 33.7 Å². The summed E-state index contributed by atoms with van der Waals surface area (Å²) in [4.78, 5) is 27.9. The lowest BCUT2D eigenvalue weighted by atomic mass is 9.95. The van der Waals surface area contributed by atoms with Crippen LogP contribution in [0, 0.1) is 5.41 Å². The maximum Gasteiger partial charge on any atom is 0.265 e. The number of carbonyl (C=O) groups is 2. The molecule has 6 nitrogen and oxygen atoms in total. The molecule has 0 saturated carbocycles. The summed E-state index contributed by atoms with van der Waals surface area (Å²) in [7, 11) is 1.54. The van der Waals surface area contributed by atoms with Gasteiger partial charge in [0, 0.05) is 12.5 Å². The molecular formula is C11H22N2O4. The van der Waals surface area contributed by atoms with Crippen molar-refractivity contribution >= 4 is 11.8 Å². The Morgan fingerprint density at radius 3 is 2.29 bits per heavy atom. The molecule has 0 fully saturated rings. The van der Waals surface area contributed by atoms with E-state index >= 15 is 0 Å². The van der Waals surface area contributed by atoms with Crippen molar-refractivity contribution in [3.63, 3.8) is 0 Å². The highest BCUT2D eigenvalue weighted by Crippen LogP contribution is 2.12. The molecule has 0 heterocycles. The molecule has 100 valence electrons. The Bertz CT molecular complexity index is 261. The third kappa shape index (κ3) is 6.91. The van der Waals surface area contributed by atoms with Crippen LogP contribution >= 0.6 is 0 Å². The first-order valence-corrected chi connectivity index (χ1v) is 5.50. The van der Waals surface area contributed by atoms with Crippen LogP contribution in [-0.2, 0) is 19.2 Å². The van der Waals surface area contributed by atoms with Crippen LogP contribution in [0.1, 0.15) is 27.7 Å². The Labute approximate surface area is 102 Å². The Morgan fingerprint density at radius 1 is 1.24 bits per heavy atom. The van der Waals surface area contributed by atoms with Crippen molar-refractivity contribution in [3.05, 3.63) is 0 Å². The Morgan fingerprint density at radius 2 is 1.82 bits per heavy atom. The molecule has 0 rings (SSSR count). The monoisotopic (exact) mass is 246 g/mol. The minimum Gasteiger partial charge on any atom is -0.382 e. The predicted octanol–water partition coefficient (Wildman–Crippen LogP) is 0.231. The molecule has 0 radical (unpaired) electrons. The van der Waals surface area contributed by atoms with E-state index in [0.717, 1.165) is 0 Å². The van der Waals surface area contributed by atoms with E-state index in [0.29, 0.717) is 6.61 Å². The van der Waals surface area contributed by atoms with Gasteiger partial charge in [-0.25, -0.2) is 5.48 Å². The van der Waals surface area contributed by atoms with Crippen LogP contribution in [0.5, 0.6) is 0 Å². The summed E-state index contributed by atoms with van der Waals surface area (Å²) in [5.74, 6) is -0.573. The second-order valence-electron chi connectivity index (χ2n) is 4.75. The minimum absolute atomic E-state index is 0.183. The summed E-state index contributed by atoms with van der Waals surface area (Å²) in [5, 5.41) is 2.60. The van der Waals surface area contributed by atoms with Gasteiger partial charge < -0.3 is 10.1 Å². The first kappa shape index (κ1) is 15.9. The second kappa shape index (κ2) is 7.24. The first-order valence-electron chi connectivity index (χ1n) is 5.50. The molecule has 0 bridgehead atoms. The minimum atomic E-state index is -0.635. The van der Waals surface area contributed by atoms with Crippen LogP contribution in [0.25, 0.3) is 0 Å². The fourth-order valence-electron chi connectivity index (χ4n) is 0.814. The number of rotatable bonds is 6. The lowest BCUT2D eigenvalue weighted by Crippen LogP contribution is -2.48. The van der Waals surface area contributed by atoms with Gasteiger partial charge in [0.25, 0.3) is 5.91 Å². The molecule has 0 aliphatic heterocycles. The molecule has 1 unspecified atom stereocenters. The molecule has 2 N–H and O–H groups in total. The molecule has 0 aromatic heterocycles. The highest BCUT2D eigenvalue weighted by Gasteiger charge is 2.24. The quantitative estimate of drug-likeness (QED) is 0.519. The Balaban J connectivity index is 3.94. The zero-order valence-electron chi connectivity index (χ0n) is 11.1. The molecule has 1 atom stereocenters. The molecule has 0 aromatic carbocycles. The third-order valence-corrected chi connectivity index (χ3v) is 1.98. The van der Waals surface area contributed by atoms with E-state index < -0.39 is 17.4 Å². The van der Waals surface area contributed by atoms with Gasteiger partial charge >= 0.3 is 0 Å². The molecular weight excluding hydrogens is 224 g/mol. The average molecular weight is 246 g/mol. The van der Waals surface area contributed by atoms with Crippen molar-refractivity contribution in [1.82, 2.24) is 10.8 Å². The number of carbonyl (C=O) groups excluding carboxylic acids is 2. The van der Waals surface area contributed by atoms with Crippen LogP contribution < -0.4 is 10.8 Å². The van der Waals surface area contributed by atoms with Gasteiger partial charge in [0.05, 0.1) is 13.2 Å². The van der Waals surface area contributed by atoms with E-state index in [-0.39, 0.29) is 12.5 Å². The van der Waals surface area contributed by atoms with E-state index in [4.69, 9.17) is 9.57 Å². The maximum absolute atomic E-state index is 11.6. The number of ether oxygens (including phenoxy) is 1. The summed E-state index contributed by atoms with van der Waals surface area (Å²) in [6.07, 6.45) is 0. The largest absolute Gasteiger partial charge is 0.382 e. The first-order chi connectivity index (χ1) is 7.79. The molecule has 0 aromatic rings. The highest BCUT2D eigenvalue weighted by atomic mass is 16.7. The number of amides is 2. The maximum atomic E-state index is 11.6. The highest BCUT2D eigenvalue weighted by molar-refractivity contribution is 5.88. The van der Waals surface area contributed by atoms with Crippen LogP contribution in [0.15, 0.2) is 0 Å². The van der Waals surface area contributed by atoms with Crippen molar-refractivity contribution in [3.8, 4) is 0 Å². The van der Waals surface area contributed by atoms with E-state index in [1.807, 2.05) is 0 Å². The standard InChI is InChI=1S/C11H22N2O4/c1-8(12-10(15)11(2,3)4)9(14)13-17-7-6-16-5/h8H,6-7H2,1-5H3,(H,12,15)(H,13,14). The number of methoxy groups -OCH3 is 1. The molecule has 0 spiro atoms. The van der Waals surface area contributed by atoms with Gasteiger partial charge in [0.1, 0.15) is 6.04 Å². The Hall–Kier alpha value is -1.14. The van der Waals surface area contributed by atoms with Gasteiger partial charge in [-0.2, -0.15) is 0 Å². The van der Waals surface area contributed by atoms with Crippen molar-refractivity contribution in [2.75, 3.05) is 20.3 Å². The number of hydrogen-bond acceptors (Lipinski definition) is 4. The van der Waals surface area contributed by atoms with Crippen molar-refractivity contribution in [1.29, 1.82) is 0 Å². The normalized spacial score (nSPS) is 13.0. The average Bonchev–Trinajstić information content (AvgIpc) is 2.22. The van der Waals surface area contributed by atoms with Gasteiger partial charge in [-0.15, -0.1) is 0 Å². The van der Waals surface area contributed by atoms with Gasteiger partial charge in [-0.1, -0.05) is 20.8 Å². The molecule has 0 aliphatic carbocycles. The smallest absolute Gasteiger partial charge is 0.265 e. The molecule has 17 heavy (non-hydrogen) atoms. The number of hydrogen-bond donors (Lipinski definition) is 2. The third-order valence-electron chi connectivity index (χ3n) is 1.98. The van der Waals surface area contributed by atoms with Crippen LogP contribution in [0.4, 0.5) is 0 Å². The summed E-state index contributed by atoms with van der Waals surface area (Å²) in [5.41, 5.74) is 1.72. The van der Waals surface area contributed by atoms with Crippen LogP contribution in [0.3, 0.4) is 0 Å². The Kier molecular flexibility index (Phi) is 6.75. The second-order valence-corrected chi connectivity index (χ2v) is 4.75. The summed E-state index contributed by atoms with van der Waals surface area (Å²) in [6, 6.07) is -0.635. The van der Waals surface area contributed by atoms with E-state index in [2.05, 4.69) is 10.8 Å². The van der Waals surface area contributed by atoms with E-state index in [1.54, 1.807) is 27.7 Å². The zero-order chi connectivity index (χ0) is 13.5. The van der Waals surface area contributed by atoms with Crippen molar-refractivity contribution in [2.24, 2.45) is 5.41 Å². The summed E-state index contributed by atoms with van der Waals surface area (Å²) >= 11 is 0. The van der Waals surface area contributed by atoms with Gasteiger partial charge in [-0.3, -0.25) is 14.4 Å².